The molecule has 4 heteroatoms. The SMILES string of the molecule is CN(CCCCCl)Cc1ccc(Cl)s1. The average molecular weight is 252 g/mol. The molecular weight excluding hydrogens is 237 g/mol. The summed E-state index contributed by atoms with van der Waals surface area (Å²) in [6, 6.07) is 4.04. The van der Waals surface area contributed by atoms with Crippen LogP contribution in [0.3, 0.4) is 0 Å². The van der Waals surface area contributed by atoms with Crippen molar-refractivity contribution in [2.75, 3.05) is 19.5 Å². The Morgan fingerprint density at radius 1 is 1.36 bits per heavy atom. The first kappa shape index (κ1) is 12.3. The molecule has 1 rings (SSSR count). The van der Waals surface area contributed by atoms with Gasteiger partial charge >= 0.3 is 0 Å². The summed E-state index contributed by atoms with van der Waals surface area (Å²) in [7, 11) is 2.13. The molecule has 80 valence electrons. The minimum atomic E-state index is 0.763. The third kappa shape index (κ3) is 4.65. The molecule has 0 aliphatic heterocycles. The Balaban J connectivity index is 2.23. The molecule has 0 amide bonds. The van der Waals surface area contributed by atoms with E-state index in [1.165, 1.54) is 11.3 Å². The van der Waals surface area contributed by atoms with Crippen molar-refractivity contribution in [2.24, 2.45) is 0 Å². The summed E-state index contributed by atoms with van der Waals surface area (Å²) in [4.78, 5) is 3.62. The third-order valence-electron chi connectivity index (χ3n) is 1.98. The van der Waals surface area contributed by atoms with Gasteiger partial charge in [-0.2, -0.15) is 0 Å². The van der Waals surface area contributed by atoms with Crippen LogP contribution in [-0.4, -0.2) is 24.4 Å². The van der Waals surface area contributed by atoms with E-state index in [0.717, 1.165) is 29.7 Å². The van der Waals surface area contributed by atoms with Gasteiger partial charge in [0.1, 0.15) is 0 Å². The molecule has 0 unspecified atom stereocenters. The smallest absolute Gasteiger partial charge is 0.0931 e. The molecule has 1 nitrogen and oxygen atoms in total. The molecule has 0 aliphatic carbocycles. The summed E-state index contributed by atoms with van der Waals surface area (Å²) in [5.41, 5.74) is 0. The van der Waals surface area contributed by atoms with E-state index in [1.54, 1.807) is 11.3 Å². The van der Waals surface area contributed by atoms with E-state index in [4.69, 9.17) is 23.2 Å². The van der Waals surface area contributed by atoms with E-state index in [0.29, 0.717) is 0 Å². The Kier molecular flexibility index (Phi) is 5.87. The van der Waals surface area contributed by atoms with Gasteiger partial charge in [-0.15, -0.1) is 22.9 Å². The molecule has 0 radical (unpaired) electrons. The highest BCUT2D eigenvalue weighted by atomic mass is 35.5. The highest BCUT2D eigenvalue weighted by Crippen LogP contribution is 2.22. The predicted octanol–water partition coefficient (Wildman–Crippen LogP) is 3.85. The maximum atomic E-state index is 5.85. The van der Waals surface area contributed by atoms with E-state index in [2.05, 4.69) is 18.0 Å². The molecule has 1 aromatic heterocycles. The number of hydrogen-bond donors (Lipinski definition) is 0. The van der Waals surface area contributed by atoms with Crippen molar-refractivity contribution < 1.29 is 0 Å². The van der Waals surface area contributed by atoms with Gasteiger partial charge in [0.25, 0.3) is 0 Å². The van der Waals surface area contributed by atoms with Gasteiger partial charge in [0, 0.05) is 17.3 Å². The van der Waals surface area contributed by atoms with Crippen LogP contribution in [0.25, 0.3) is 0 Å². The van der Waals surface area contributed by atoms with Gasteiger partial charge in [0.2, 0.25) is 0 Å². The highest BCUT2D eigenvalue weighted by molar-refractivity contribution is 7.16. The van der Waals surface area contributed by atoms with Crippen LogP contribution in [-0.2, 0) is 6.54 Å². The second-order valence-electron chi connectivity index (χ2n) is 3.34. The number of nitrogens with zero attached hydrogens (tertiary/aromatic N) is 1. The van der Waals surface area contributed by atoms with Crippen molar-refractivity contribution in [3.63, 3.8) is 0 Å². The predicted molar refractivity (Wildman–Crippen MR) is 65.6 cm³/mol. The zero-order chi connectivity index (χ0) is 10.4. The van der Waals surface area contributed by atoms with Crippen molar-refractivity contribution in [1.29, 1.82) is 0 Å². The molecule has 0 aromatic carbocycles. The molecule has 0 saturated heterocycles. The average Bonchev–Trinajstić information content (AvgIpc) is 2.52. The Morgan fingerprint density at radius 2 is 2.14 bits per heavy atom. The third-order valence-corrected chi connectivity index (χ3v) is 3.46. The fourth-order valence-electron chi connectivity index (χ4n) is 1.26. The maximum absolute atomic E-state index is 5.85. The van der Waals surface area contributed by atoms with E-state index in [-0.39, 0.29) is 0 Å². The van der Waals surface area contributed by atoms with Gasteiger partial charge in [-0.05, 0) is 38.6 Å². The quantitative estimate of drug-likeness (QED) is 0.549. The van der Waals surface area contributed by atoms with E-state index in [1.807, 2.05) is 6.07 Å². The lowest BCUT2D eigenvalue weighted by Gasteiger charge is -2.14. The molecule has 14 heavy (non-hydrogen) atoms. The summed E-state index contributed by atoms with van der Waals surface area (Å²) in [6.45, 7) is 2.09. The van der Waals surface area contributed by atoms with Crippen molar-refractivity contribution >= 4 is 34.5 Å². The van der Waals surface area contributed by atoms with Gasteiger partial charge in [-0.25, -0.2) is 0 Å². The number of alkyl halides is 1. The van der Waals surface area contributed by atoms with Crippen LogP contribution in [0.2, 0.25) is 4.34 Å². The molecule has 0 saturated carbocycles. The molecular formula is C10H15Cl2NS. The van der Waals surface area contributed by atoms with Crippen molar-refractivity contribution in [1.82, 2.24) is 4.90 Å². The first-order valence-electron chi connectivity index (χ1n) is 4.71. The van der Waals surface area contributed by atoms with E-state index < -0.39 is 0 Å². The second-order valence-corrected chi connectivity index (χ2v) is 5.52. The van der Waals surface area contributed by atoms with Crippen molar-refractivity contribution in [2.45, 2.75) is 19.4 Å². The van der Waals surface area contributed by atoms with Crippen molar-refractivity contribution in [3.8, 4) is 0 Å². The highest BCUT2D eigenvalue weighted by Gasteiger charge is 2.02. The minimum Gasteiger partial charge on any atom is -0.301 e. The van der Waals surface area contributed by atoms with Gasteiger partial charge in [-0.1, -0.05) is 11.6 Å². The van der Waals surface area contributed by atoms with E-state index >= 15 is 0 Å². The number of unbranched alkanes of at least 4 members (excludes halogenated alkanes) is 1. The monoisotopic (exact) mass is 251 g/mol. The molecule has 1 heterocycles. The Bertz CT molecular complexity index is 262. The summed E-state index contributed by atoms with van der Waals surface area (Å²) in [5, 5.41) is 0. The number of halogens is 2. The fraction of sp³-hybridized carbons (Fsp3) is 0.600. The molecule has 1 aromatic rings. The number of rotatable bonds is 6. The van der Waals surface area contributed by atoms with Crippen LogP contribution in [0.4, 0.5) is 0 Å². The lowest BCUT2D eigenvalue weighted by Crippen LogP contribution is -2.18. The van der Waals surface area contributed by atoms with Gasteiger partial charge < -0.3 is 4.90 Å². The van der Waals surface area contributed by atoms with E-state index in [9.17, 15) is 0 Å². The van der Waals surface area contributed by atoms with Crippen LogP contribution in [0.5, 0.6) is 0 Å². The topological polar surface area (TPSA) is 3.24 Å². The standard InChI is InChI=1S/C10H15Cl2NS/c1-13(7-3-2-6-11)8-9-4-5-10(12)14-9/h4-5H,2-3,6-8H2,1H3. The Morgan fingerprint density at radius 3 is 2.71 bits per heavy atom. The first-order valence-corrected chi connectivity index (χ1v) is 6.44. The summed E-state index contributed by atoms with van der Waals surface area (Å²) in [5.74, 6) is 0.763. The van der Waals surface area contributed by atoms with Gasteiger partial charge in [-0.3, -0.25) is 0 Å². The van der Waals surface area contributed by atoms with Gasteiger partial charge in [0.15, 0.2) is 0 Å². The fourth-order valence-corrected chi connectivity index (χ4v) is 2.61. The molecule has 0 N–H and O–H groups in total. The Hall–Kier alpha value is 0.240. The summed E-state index contributed by atoms with van der Waals surface area (Å²) in [6.07, 6.45) is 2.26. The van der Waals surface area contributed by atoms with Crippen LogP contribution in [0, 0.1) is 0 Å². The van der Waals surface area contributed by atoms with Crippen LogP contribution < -0.4 is 0 Å². The molecule has 0 bridgehead atoms. The first-order chi connectivity index (χ1) is 6.72. The van der Waals surface area contributed by atoms with Crippen molar-refractivity contribution in [3.05, 3.63) is 21.3 Å². The Labute approximate surface area is 99.6 Å². The zero-order valence-electron chi connectivity index (χ0n) is 8.30. The lowest BCUT2D eigenvalue weighted by molar-refractivity contribution is 0.324. The number of hydrogen-bond acceptors (Lipinski definition) is 2. The number of thiophene rings is 1. The molecule has 0 fully saturated rings. The molecule has 0 spiro atoms. The normalized spacial score (nSPS) is 11.1. The zero-order valence-corrected chi connectivity index (χ0v) is 10.6. The molecule has 0 atom stereocenters. The molecule has 0 aliphatic rings. The van der Waals surface area contributed by atoms with Crippen LogP contribution >= 0.6 is 34.5 Å². The minimum absolute atomic E-state index is 0.763. The summed E-state index contributed by atoms with van der Waals surface area (Å²) >= 11 is 13.1. The van der Waals surface area contributed by atoms with Crippen LogP contribution in [0.15, 0.2) is 12.1 Å². The second kappa shape index (κ2) is 6.67. The van der Waals surface area contributed by atoms with Gasteiger partial charge in [0.05, 0.1) is 4.34 Å². The van der Waals surface area contributed by atoms with Crippen LogP contribution in [0.1, 0.15) is 17.7 Å². The summed E-state index contributed by atoms with van der Waals surface area (Å²) < 4.78 is 0.870. The largest absolute Gasteiger partial charge is 0.301 e. The maximum Gasteiger partial charge on any atom is 0.0931 e. The lowest BCUT2D eigenvalue weighted by atomic mass is 10.3.